The Bertz CT molecular complexity index is 447. The van der Waals surface area contributed by atoms with Gasteiger partial charge in [-0.25, -0.2) is 17.5 Å². The molecule has 16 heavy (non-hydrogen) atoms. The van der Waals surface area contributed by atoms with Crippen molar-refractivity contribution in [1.29, 1.82) is 0 Å². The van der Waals surface area contributed by atoms with E-state index in [-0.39, 0.29) is 11.5 Å². The zero-order valence-corrected chi connectivity index (χ0v) is 9.67. The van der Waals surface area contributed by atoms with Crippen LogP contribution in [0, 0.1) is 5.82 Å². The van der Waals surface area contributed by atoms with Gasteiger partial charge in [-0.05, 0) is 31.5 Å². The van der Waals surface area contributed by atoms with Crippen LogP contribution in [0.5, 0.6) is 0 Å². The molecule has 6 heteroatoms. The van der Waals surface area contributed by atoms with Gasteiger partial charge < -0.3 is 5.11 Å². The lowest BCUT2D eigenvalue weighted by Gasteiger charge is -2.12. The summed E-state index contributed by atoms with van der Waals surface area (Å²) < 4.78 is 38.6. The third-order valence-corrected chi connectivity index (χ3v) is 3.61. The highest BCUT2D eigenvalue weighted by Gasteiger charge is 2.17. The normalized spacial score (nSPS) is 13.7. The van der Waals surface area contributed by atoms with Gasteiger partial charge in [0.15, 0.2) is 0 Å². The number of aliphatic hydroxyl groups is 1. The van der Waals surface area contributed by atoms with E-state index in [9.17, 15) is 12.8 Å². The van der Waals surface area contributed by atoms with Crippen molar-refractivity contribution in [2.24, 2.45) is 0 Å². The molecule has 0 aliphatic carbocycles. The standard InChI is InChI=1S/C10H14FNO3S/c1-8(5-6-13)12-16(14,15)10-4-2-3-9(11)7-10/h2-4,7-8,12-13H,5-6H2,1H3. The second-order valence-electron chi connectivity index (χ2n) is 3.49. The topological polar surface area (TPSA) is 66.4 Å². The molecular formula is C10H14FNO3S. The van der Waals surface area contributed by atoms with Crippen molar-refractivity contribution < 1.29 is 17.9 Å². The highest BCUT2D eigenvalue weighted by atomic mass is 32.2. The van der Waals surface area contributed by atoms with Crippen LogP contribution in [0.15, 0.2) is 29.2 Å². The van der Waals surface area contributed by atoms with Crippen LogP contribution in [-0.2, 0) is 10.0 Å². The Labute approximate surface area is 94.2 Å². The van der Waals surface area contributed by atoms with E-state index >= 15 is 0 Å². The molecule has 1 unspecified atom stereocenters. The average molecular weight is 247 g/mol. The maximum atomic E-state index is 12.9. The lowest BCUT2D eigenvalue weighted by molar-refractivity contribution is 0.275. The van der Waals surface area contributed by atoms with E-state index in [1.807, 2.05) is 0 Å². The van der Waals surface area contributed by atoms with Gasteiger partial charge in [0.25, 0.3) is 0 Å². The summed E-state index contributed by atoms with van der Waals surface area (Å²) in [6, 6.07) is 4.39. The van der Waals surface area contributed by atoms with Crippen molar-refractivity contribution >= 4 is 10.0 Å². The zero-order chi connectivity index (χ0) is 12.2. The van der Waals surface area contributed by atoms with Gasteiger partial charge >= 0.3 is 0 Å². The maximum absolute atomic E-state index is 12.9. The third kappa shape index (κ3) is 3.55. The molecule has 0 aliphatic rings. The van der Waals surface area contributed by atoms with Crippen LogP contribution in [0.2, 0.25) is 0 Å². The monoisotopic (exact) mass is 247 g/mol. The van der Waals surface area contributed by atoms with E-state index in [1.54, 1.807) is 6.92 Å². The second-order valence-corrected chi connectivity index (χ2v) is 5.21. The number of hydrogen-bond acceptors (Lipinski definition) is 3. The van der Waals surface area contributed by atoms with Gasteiger partial charge in [-0.15, -0.1) is 0 Å². The first-order valence-electron chi connectivity index (χ1n) is 4.84. The van der Waals surface area contributed by atoms with Gasteiger partial charge in [0, 0.05) is 12.6 Å². The van der Waals surface area contributed by atoms with Crippen LogP contribution in [-0.4, -0.2) is 26.2 Å². The molecule has 0 aliphatic heterocycles. The summed E-state index contributed by atoms with van der Waals surface area (Å²) in [6.45, 7) is 1.53. The molecular weight excluding hydrogens is 233 g/mol. The molecule has 0 radical (unpaired) electrons. The van der Waals surface area contributed by atoms with Crippen LogP contribution in [0.1, 0.15) is 13.3 Å². The molecule has 90 valence electrons. The number of rotatable bonds is 5. The summed E-state index contributed by atoms with van der Waals surface area (Å²) in [4.78, 5) is -0.114. The number of halogens is 1. The number of sulfonamides is 1. The molecule has 0 saturated heterocycles. The number of benzene rings is 1. The summed E-state index contributed by atoms with van der Waals surface area (Å²) in [7, 11) is -3.71. The summed E-state index contributed by atoms with van der Waals surface area (Å²) >= 11 is 0. The first-order valence-corrected chi connectivity index (χ1v) is 6.33. The van der Waals surface area contributed by atoms with Crippen molar-refractivity contribution in [3.05, 3.63) is 30.1 Å². The molecule has 4 nitrogen and oxygen atoms in total. The van der Waals surface area contributed by atoms with Crippen LogP contribution in [0.3, 0.4) is 0 Å². The van der Waals surface area contributed by atoms with E-state index in [0.717, 1.165) is 6.07 Å². The van der Waals surface area contributed by atoms with Crippen molar-refractivity contribution in [2.75, 3.05) is 6.61 Å². The highest BCUT2D eigenvalue weighted by Crippen LogP contribution is 2.11. The molecule has 1 atom stereocenters. The van der Waals surface area contributed by atoms with Gasteiger partial charge in [0.1, 0.15) is 5.82 Å². The van der Waals surface area contributed by atoms with Gasteiger partial charge in [0.2, 0.25) is 10.0 Å². The molecule has 0 bridgehead atoms. The van der Waals surface area contributed by atoms with E-state index in [4.69, 9.17) is 5.11 Å². The minimum absolute atomic E-state index is 0.104. The fourth-order valence-corrected chi connectivity index (χ4v) is 2.53. The van der Waals surface area contributed by atoms with Crippen LogP contribution in [0.25, 0.3) is 0 Å². The minimum atomic E-state index is -3.71. The number of aliphatic hydroxyl groups excluding tert-OH is 1. The van der Waals surface area contributed by atoms with Crippen molar-refractivity contribution in [2.45, 2.75) is 24.3 Å². The average Bonchev–Trinajstić information content (AvgIpc) is 2.17. The summed E-state index contributed by atoms with van der Waals surface area (Å²) in [6.07, 6.45) is 0.314. The molecule has 0 aromatic heterocycles. The lowest BCUT2D eigenvalue weighted by Crippen LogP contribution is -2.33. The highest BCUT2D eigenvalue weighted by molar-refractivity contribution is 7.89. The molecule has 0 heterocycles. The molecule has 0 fully saturated rings. The molecule has 1 rings (SSSR count). The number of nitrogens with one attached hydrogen (secondary N) is 1. The van der Waals surface area contributed by atoms with Crippen LogP contribution in [0.4, 0.5) is 4.39 Å². The molecule has 0 amide bonds. The molecule has 1 aromatic rings. The van der Waals surface area contributed by atoms with Crippen molar-refractivity contribution in [3.63, 3.8) is 0 Å². The van der Waals surface area contributed by atoms with Crippen LogP contribution >= 0.6 is 0 Å². The lowest BCUT2D eigenvalue weighted by atomic mass is 10.3. The van der Waals surface area contributed by atoms with Crippen molar-refractivity contribution in [1.82, 2.24) is 4.72 Å². The maximum Gasteiger partial charge on any atom is 0.240 e. The van der Waals surface area contributed by atoms with E-state index < -0.39 is 21.9 Å². The van der Waals surface area contributed by atoms with Gasteiger partial charge in [-0.3, -0.25) is 0 Å². The van der Waals surface area contributed by atoms with E-state index in [0.29, 0.717) is 6.42 Å². The van der Waals surface area contributed by atoms with Gasteiger partial charge in [-0.2, -0.15) is 0 Å². The Morgan fingerprint density at radius 2 is 2.19 bits per heavy atom. The first kappa shape index (κ1) is 13.1. The Morgan fingerprint density at radius 3 is 2.75 bits per heavy atom. The fourth-order valence-electron chi connectivity index (χ4n) is 1.22. The Morgan fingerprint density at radius 1 is 1.50 bits per heavy atom. The smallest absolute Gasteiger partial charge is 0.240 e. The predicted octanol–water partition coefficient (Wildman–Crippen LogP) is 0.875. The Hall–Kier alpha value is -0.980. The Kier molecular flexibility index (Phi) is 4.40. The second kappa shape index (κ2) is 5.38. The van der Waals surface area contributed by atoms with E-state index in [1.165, 1.54) is 18.2 Å². The Balaban J connectivity index is 2.86. The van der Waals surface area contributed by atoms with Crippen molar-refractivity contribution in [3.8, 4) is 0 Å². The number of hydrogen-bond donors (Lipinski definition) is 2. The van der Waals surface area contributed by atoms with Gasteiger partial charge in [0.05, 0.1) is 4.90 Å². The van der Waals surface area contributed by atoms with Crippen LogP contribution < -0.4 is 4.72 Å². The molecule has 0 saturated carbocycles. The SMILES string of the molecule is CC(CCO)NS(=O)(=O)c1cccc(F)c1. The molecule has 2 N–H and O–H groups in total. The largest absolute Gasteiger partial charge is 0.396 e. The fraction of sp³-hybridized carbons (Fsp3) is 0.400. The minimum Gasteiger partial charge on any atom is -0.396 e. The molecule has 0 spiro atoms. The molecule has 1 aromatic carbocycles. The summed E-state index contributed by atoms with van der Waals surface area (Å²) in [5.74, 6) is -0.599. The summed E-state index contributed by atoms with van der Waals surface area (Å²) in [5.41, 5.74) is 0. The quantitative estimate of drug-likeness (QED) is 0.811. The third-order valence-electron chi connectivity index (χ3n) is 2.02. The first-order chi connectivity index (χ1) is 7.45. The van der Waals surface area contributed by atoms with E-state index in [2.05, 4.69) is 4.72 Å². The summed E-state index contributed by atoms with van der Waals surface area (Å²) in [5, 5.41) is 8.65. The van der Waals surface area contributed by atoms with Gasteiger partial charge in [-0.1, -0.05) is 6.07 Å². The zero-order valence-electron chi connectivity index (χ0n) is 8.85. The predicted molar refractivity (Wildman–Crippen MR) is 57.9 cm³/mol.